The number of piperidine rings is 1. The lowest BCUT2D eigenvalue weighted by Crippen LogP contribution is -2.48. The number of alkyl halides is 2. The third-order valence-electron chi connectivity index (χ3n) is 4.63. The molecule has 2 unspecified atom stereocenters. The minimum atomic E-state index is -2.81. The third-order valence-corrected chi connectivity index (χ3v) is 4.63. The SMILES string of the molecule is O=C(CCc1ccc(OC(F)F)cc1)NC1CC2CCC(C1)N2. The van der Waals surface area contributed by atoms with Crippen LogP contribution in [-0.2, 0) is 11.2 Å². The smallest absolute Gasteiger partial charge is 0.387 e. The van der Waals surface area contributed by atoms with Crippen LogP contribution in [0.1, 0.15) is 37.7 Å². The number of ether oxygens (including phenoxy) is 1. The minimum Gasteiger partial charge on any atom is -0.435 e. The Bertz CT molecular complexity index is 524. The first-order chi connectivity index (χ1) is 11.1. The fraction of sp³-hybridized carbons (Fsp3) is 0.588. The Kier molecular flexibility index (Phi) is 5.10. The van der Waals surface area contributed by atoms with Crippen molar-refractivity contribution in [2.45, 2.75) is 63.3 Å². The first kappa shape index (κ1) is 16.2. The molecule has 2 bridgehead atoms. The number of aryl methyl sites for hydroxylation is 1. The molecule has 1 aromatic carbocycles. The summed E-state index contributed by atoms with van der Waals surface area (Å²) in [6.45, 7) is -2.81. The first-order valence-electron chi connectivity index (χ1n) is 8.17. The van der Waals surface area contributed by atoms with E-state index in [1.165, 1.54) is 25.0 Å². The first-order valence-corrected chi connectivity index (χ1v) is 8.17. The van der Waals surface area contributed by atoms with Crippen molar-refractivity contribution in [1.82, 2.24) is 10.6 Å². The lowest BCUT2D eigenvalue weighted by molar-refractivity contribution is -0.122. The Morgan fingerprint density at radius 1 is 1.22 bits per heavy atom. The molecule has 6 heteroatoms. The van der Waals surface area contributed by atoms with Crippen molar-refractivity contribution >= 4 is 5.91 Å². The molecule has 2 saturated heterocycles. The van der Waals surface area contributed by atoms with Crippen LogP contribution in [0, 0.1) is 0 Å². The van der Waals surface area contributed by atoms with Crippen molar-refractivity contribution in [3.63, 3.8) is 0 Å². The maximum absolute atomic E-state index is 12.1. The predicted molar refractivity (Wildman–Crippen MR) is 82.5 cm³/mol. The van der Waals surface area contributed by atoms with Gasteiger partial charge in [0, 0.05) is 24.5 Å². The highest BCUT2D eigenvalue weighted by molar-refractivity contribution is 5.76. The second-order valence-electron chi connectivity index (χ2n) is 6.40. The standard InChI is InChI=1S/C17H22F2N2O2/c18-17(19)23-15-6-1-11(2-7-15)3-8-16(22)21-14-9-12-4-5-13(10-14)20-12/h1-2,6-7,12-14,17,20H,3-5,8-10H2,(H,21,22). The van der Waals surface area contributed by atoms with Crippen LogP contribution < -0.4 is 15.4 Å². The third kappa shape index (κ3) is 4.64. The molecule has 2 heterocycles. The van der Waals surface area contributed by atoms with Crippen LogP contribution in [0.2, 0.25) is 0 Å². The van der Waals surface area contributed by atoms with Gasteiger partial charge in [-0.1, -0.05) is 12.1 Å². The van der Waals surface area contributed by atoms with Crippen molar-refractivity contribution in [3.8, 4) is 5.75 Å². The quantitative estimate of drug-likeness (QED) is 0.846. The Morgan fingerprint density at radius 3 is 2.48 bits per heavy atom. The zero-order valence-electron chi connectivity index (χ0n) is 12.9. The van der Waals surface area contributed by atoms with Gasteiger partial charge in [0.2, 0.25) is 5.91 Å². The van der Waals surface area contributed by atoms with Gasteiger partial charge in [-0.25, -0.2) is 0 Å². The fourth-order valence-corrected chi connectivity index (χ4v) is 3.57. The van der Waals surface area contributed by atoms with E-state index in [0.717, 1.165) is 18.4 Å². The van der Waals surface area contributed by atoms with E-state index in [0.29, 0.717) is 24.9 Å². The summed E-state index contributed by atoms with van der Waals surface area (Å²) in [6, 6.07) is 7.84. The van der Waals surface area contributed by atoms with Gasteiger partial charge in [-0.2, -0.15) is 8.78 Å². The van der Waals surface area contributed by atoms with Crippen LogP contribution in [0.3, 0.4) is 0 Å². The minimum absolute atomic E-state index is 0.0595. The molecule has 0 saturated carbocycles. The molecule has 2 aliphatic heterocycles. The molecule has 4 nitrogen and oxygen atoms in total. The summed E-state index contributed by atoms with van der Waals surface area (Å²) in [4.78, 5) is 12.1. The molecule has 23 heavy (non-hydrogen) atoms. The molecule has 3 rings (SSSR count). The topological polar surface area (TPSA) is 50.4 Å². The lowest BCUT2D eigenvalue weighted by Gasteiger charge is -2.29. The number of halogens is 2. The van der Waals surface area contributed by atoms with Crippen molar-refractivity contribution < 1.29 is 18.3 Å². The van der Waals surface area contributed by atoms with Gasteiger partial charge in [-0.15, -0.1) is 0 Å². The zero-order chi connectivity index (χ0) is 16.2. The number of hydrogen-bond donors (Lipinski definition) is 2. The van der Waals surface area contributed by atoms with Crippen molar-refractivity contribution in [2.24, 2.45) is 0 Å². The number of carbonyl (C=O) groups excluding carboxylic acids is 1. The van der Waals surface area contributed by atoms with E-state index in [9.17, 15) is 13.6 Å². The molecule has 0 spiro atoms. The van der Waals surface area contributed by atoms with Gasteiger partial charge in [0.15, 0.2) is 0 Å². The van der Waals surface area contributed by atoms with Gasteiger partial charge in [0.05, 0.1) is 0 Å². The van der Waals surface area contributed by atoms with E-state index >= 15 is 0 Å². The Morgan fingerprint density at radius 2 is 1.87 bits per heavy atom. The number of nitrogens with one attached hydrogen (secondary N) is 2. The summed E-state index contributed by atoms with van der Waals surface area (Å²) in [7, 11) is 0. The summed E-state index contributed by atoms with van der Waals surface area (Å²) in [5.41, 5.74) is 0.937. The van der Waals surface area contributed by atoms with E-state index in [1.54, 1.807) is 12.1 Å². The molecule has 2 atom stereocenters. The summed E-state index contributed by atoms with van der Waals surface area (Å²) in [5.74, 6) is 0.197. The summed E-state index contributed by atoms with van der Waals surface area (Å²) < 4.78 is 28.5. The number of amides is 1. The second-order valence-corrected chi connectivity index (χ2v) is 6.40. The van der Waals surface area contributed by atoms with E-state index in [4.69, 9.17) is 0 Å². The van der Waals surface area contributed by atoms with E-state index in [-0.39, 0.29) is 17.7 Å². The largest absolute Gasteiger partial charge is 0.435 e. The Balaban J connectivity index is 1.42. The van der Waals surface area contributed by atoms with Crippen molar-refractivity contribution in [3.05, 3.63) is 29.8 Å². The molecule has 0 radical (unpaired) electrons. The maximum atomic E-state index is 12.1. The van der Waals surface area contributed by atoms with Gasteiger partial charge in [-0.05, 0) is 49.8 Å². The van der Waals surface area contributed by atoms with Crippen LogP contribution in [0.5, 0.6) is 5.75 Å². The molecular weight excluding hydrogens is 302 g/mol. The average Bonchev–Trinajstić information content (AvgIpc) is 2.85. The average molecular weight is 324 g/mol. The second kappa shape index (κ2) is 7.25. The molecule has 0 aromatic heterocycles. The van der Waals surface area contributed by atoms with Crippen molar-refractivity contribution in [2.75, 3.05) is 0 Å². The monoisotopic (exact) mass is 324 g/mol. The normalized spacial score (nSPS) is 26.3. The molecule has 2 aliphatic rings. The van der Waals surface area contributed by atoms with Crippen LogP contribution in [-0.4, -0.2) is 30.6 Å². The molecular formula is C17H22F2N2O2. The number of carbonyl (C=O) groups is 1. The molecule has 2 N–H and O–H groups in total. The van der Waals surface area contributed by atoms with E-state index in [2.05, 4.69) is 15.4 Å². The van der Waals surface area contributed by atoms with Crippen LogP contribution in [0.25, 0.3) is 0 Å². The van der Waals surface area contributed by atoms with Gasteiger partial charge in [0.25, 0.3) is 0 Å². The molecule has 126 valence electrons. The maximum Gasteiger partial charge on any atom is 0.387 e. The Hall–Kier alpha value is -1.69. The highest BCUT2D eigenvalue weighted by Gasteiger charge is 2.33. The lowest BCUT2D eigenvalue weighted by atomic mass is 9.99. The van der Waals surface area contributed by atoms with Crippen LogP contribution >= 0.6 is 0 Å². The molecule has 0 aliphatic carbocycles. The van der Waals surface area contributed by atoms with Gasteiger partial charge in [0.1, 0.15) is 5.75 Å². The summed E-state index contributed by atoms with van der Waals surface area (Å²) >= 11 is 0. The van der Waals surface area contributed by atoms with Crippen LogP contribution in [0.4, 0.5) is 8.78 Å². The highest BCUT2D eigenvalue weighted by Crippen LogP contribution is 2.26. The number of hydrogen-bond acceptors (Lipinski definition) is 3. The predicted octanol–water partition coefficient (Wildman–Crippen LogP) is 2.62. The van der Waals surface area contributed by atoms with E-state index < -0.39 is 6.61 Å². The Labute approximate surface area is 134 Å². The highest BCUT2D eigenvalue weighted by atomic mass is 19.3. The van der Waals surface area contributed by atoms with E-state index in [1.807, 2.05) is 0 Å². The molecule has 1 amide bonds. The fourth-order valence-electron chi connectivity index (χ4n) is 3.57. The number of rotatable bonds is 6. The van der Waals surface area contributed by atoms with Gasteiger partial charge >= 0.3 is 6.61 Å². The summed E-state index contributed by atoms with van der Waals surface area (Å²) in [6.07, 6.45) is 5.46. The zero-order valence-corrected chi connectivity index (χ0v) is 12.9. The molecule has 2 fully saturated rings. The van der Waals surface area contributed by atoms with Crippen LogP contribution in [0.15, 0.2) is 24.3 Å². The van der Waals surface area contributed by atoms with Crippen molar-refractivity contribution in [1.29, 1.82) is 0 Å². The van der Waals surface area contributed by atoms with Gasteiger partial charge in [-0.3, -0.25) is 4.79 Å². The molecule has 1 aromatic rings. The number of fused-ring (bicyclic) bond motifs is 2. The summed E-state index contributed by atoms with van der Waals surface area (Å²) in [5, 5.41) is 6.68. The van der Waals surface area contributed by atoms with Gasteiger partial charge < -0.3 is 15.4 Å². The number of benzene rings is 1.